The number of aliphatic imine (C=N–C) groups is 1. The number of allylic oxidation sites excluding steroid dienone is 2. The number of hydrogen-bond acceptors (Lipinski definition) is 9. The van der Waals surface area contributed by atoms with E-state index in [1.807, 2.05) is 38.1 Å². The molecule has 0 aromatic heterocycles. The van der Waals surface area contributed by atoms with Gasteiger partial charge in [-0.15, -0.1) is 0 Å². The quantitative estimate of drug-likeness (QED) is 0.232. The highest BCUT2D eigenvalue weighted by atomic mass is 79.9. The Hall–Kier alpha value is -3.37. The van der Waals surface area contributed by atoms with E-state index in [-0.39, 0.29) is 31.3 Å². The predicted molar refractivity (Wildman–Crippen MR) is 158 cm³/mol. The van der Waals surface area contributed by atoms with E-state index in [1.54, 1.807) is 34.5 Å². The van der Waals surface area contributed by atoms with Gasteiger partial charge in [-0.2, -0.15) is 0 Å². The summed E-state index contributed by atoms with van der Waals surface area (Å²) in [4.78, 5) is 32.4. The van der Waals surface area contributed by atoms with Gasteiger partial charge in [0.05, 0.1) is 35.0 Å². The van der Waals surface area contributed by atoms with Gasteiger partial charge in [-0.3, -0.25) is 14.6 Å². The second-order valence-electron chi connectivity index (χ2n) is 9.80. The highest BCUT2D eigenvalue weighted by Crippen LogP contribution is 2.50. The lowest BCUT2D eigenvalue weighted by atomic mass is 9.69. The number of methoxy groups -OCH3 is 4. The highest BCUT2D eigenvalue weighted by molar-refractivity contribution is 9.10. The normalized spacial score (nSPS) is 20.2. The van der Waals surface area contributed by atoms with Crippen LogP contribution in [0, 0.1) is 5.92 Å². The van der Waals surface area contributed by atoms with Gasteiger partial charge in [-0.1, -0.05) is 22.0 Å². The van der Waals surface area contributed by atoms with Crippen LogP contribution in [0.2, 0.25) is 0 Å². The predicted octanol–water partition coefficient (Wildman–Crippen LogP) is 5.64. The fourth-order valence-electron chi connectivity index (χ4n) is 5.59. The first kappa shape index (κ1) is 30.6. The average molecular weight is 631 g/mol. The van der Waals surface area contributed by atoms with Crippen LogP contribution in [-0.2, 0) is 19.1 Å². The molecule has 0 amide bonds. The Kier molecular flexibility index (Phi) is 10.1. The number of rotatable bonds is 11. The summed E-state index contributed by atoms with van der Waals surface area (Å²) in [5.74, 6) is 0.167. The van der Waals surface area contributed by atoms with E-state index < -0.39 is 17.8 Å². The molecular formula is C31H36BrNO8. The van der Waals surface area contributed by atoms with Crippen LogP contribution < -0.4 is 18.9 Å². The molecule has 0 spiro atoms. The van der Waals surface area contributed by atoms with Crippen LogP contribution in [0.3, 0.4) is 0 Å². The van der Waals surface area contributed by atoms with Crippen LogP contribution in [0.5, 0.6) is 23.0 Å². The molecule has 220 valence electrons. The number of esters is 1. The van der Waals surface area contributed by atoms with Crippen molar-refractivity contribution in [1.82, 2.24) is 0 Å². The van der Waals surface area contributed by atoms with E-state index in [9.17, 15) is 9.59 Å². The molecule has 2 aromatic carbocycles. The summed E-state index contributed by atoms with van der Waals surface area (Å²) in [6.45, 7) is 4.61. The first-order valence-corrected chi connectivity index (χ1v) is 14.3. The number of benzene rings is 2. The van der Waals surface area contributed by atoms with Gasteiger partial charge in [0.1, 0.15) is 12.5 Å². The second kappa shape index (κ2) is 13.5. The lowest BCUT2D eigenvalue weighted by Crippen LogP contribution is -2.38. The number of nitrogens with zero attached hydrogens (tertiary/aromatic N) is 1. The Bertz CT molecular complexity index is 1370. The van der Waals surface area contributed by atoms with Gasteiger partial charge in [0.2, 0.25) is 0 Å². The van der Waals surface area contributed by atoms with E-state index in [1.165, 1.54) is 0 Å². The van der Waals surface area contributed by atoms with E-state index >= 15 is 0 Å². The number of carbonyl (C=O) groups excluding carboxylic acids is 2. The van der Waals surface area contributed by atoms with Crippen molar-refractivity contribution in [3.63, 3.8) is 0 Å². The molecule has 10 heteroatoms. The highest BCUT2D eigenvalue weighted by Gasteiger charge is 2.45. The van der Waals surface area contributed by atoms with Crippen LogP contribution in [0.15, 0.2) is 51.1 Å². The van der Waals surface area contributed by atoms with Crippen molar-refractivity contribution in [3.8, 4) is 23.0 Å². The van der Waals surface area contributed by atoms with Crippen molar-refractivity contribution < 1.29 is 38.0 Å². The second-order valence-corrected chi connectivity index (χ2v) is 10.7. The number of ether oxygens (including phenoxy) is 6. The minimum atomic E-state index is -0.800. The number of ketones is 1. The Balaban J connectivity index is 1.79. The third-order valence-electron chi connectivity index (χ3n) is 7.54. The van der Waals surface area contributed by atoms with Gasteiger partial charge in [-0.25, -0.2) is 0 Å². The Morgan fingerprint density at radius 1 is 0.927 bits per heavy atom. The number of Topliss-reactive ketones (excluding diaryl/α,β-unsaturated/α-hetero) is 1. The van der Waals surface area contributed by atoms with Crippen LogP contribution >= 0.6 is 15.9 Å². The SMILES string of the molecule is CCOCCOC(=O)C1C(C)=NC2=C(C(=O)C[C@H](c3ccc(OC)c(OC)c3)C2)[C@@H]1c1cc(OC)c(OC)cc1Br. The summed E-state index contributed by atoms with van der Waals surface area (Å²) in [5, 5.41) is 0. The van der Waals surface area contributed by atoms with Crippen molar-refractivity contribution in [3.05, 3.63) is 57.2 Å². The largest absolute Gasteiger partial charge is 0.493 e. The van der Waals surface area contributed by atoms with Crippen molar-refractivity contribution in [2.24, 2.45) is 10.9 Å². The molecule has 2 aromatic rings. The minimum absolute atomic E-state index is 0.0684. The van der Waals surface area contributed by atoms with E-state index in [2.05, 4.69) is 15.9 Å². The molecule has 41 heavy (non-hydrogen) atoms. The van der Waals surface area contributed by atoms with Crippen molar-refractivity contribution >= 4 is 33.4 Å². The Morgan fingerprint density at radius 3 is 2.24 bits per heavy atom. The summed E-state index contributed by atoms with van der Waals surface area (Å²) >= 11 is 3.66. The van der Waals surface area contributed by atoms with Crippen LogP contribution in [0.25, 0.3) is 0 Å². The zero-order chi connectivity index (χ0) is 29.7. The van der Waals surface area contributed by atoms with Crippen LogP contribution in [-0.4, -0.2) is 65.7 Å². The first-order valence-electron chi connectivity index (χ1n) is 13.5. The molecule has 0 N–H and O–H groups in total. The zero-order valence-corrected chi connectivity index (χ0v) is 25.8. The molecule has 1 aliphatic carbocycles. The molecule has 0 saturated carbocycles. The summed E-state index contributed by atoms with van der Waals surface area (Å²) in [6.07, 6.45) is 0.789. The zero-order valence-electron chi connectivity index (χ0n) is 24.2. The molecule has 0 radical (unpaired) electrons. The van der Waals surface area contributed by atoms with Gasteiger partial charge >= 0.3 is 5.97 Å². The van der Waals surface area contributed by atoms with Crippen molar-refractivity contribution in [2.75, 3.05) is 48.3 Å². The van der Waals surface area contributed by atoms with E-state index in [0.29, 0.717) is 63.0 Å². The van der Waals surface area contributed by atoms with Crippen LogP contribution in [0.1, 0.15) is 49.7 Å². The summed E-state index contributed by atoms with van der Waals surface area (Å²) < 4.78 is 33.6. The monoisotopic (exact) mass is 629 g/mol. The van der Waals surface area contributed by atoms with Gasteiger partial charge in [0.15, 0.2) is 28.8 Å². The maximum atomic E-state index is 14.0. The topological polar surface area (TPSA) is 102 Å². The third kappa shape index (κ3) is 6.28. The molecule has 0 fully saturated rings. The maximum Gasteiger partial charge on any atom is 0.315 e. The standard InChI is InChI=1S/C31H36BrNO8/c1-7-40-10-11-41-31(35)28-17(2)33-22-12-19(18-8-9-24(36-3)25(14-18)37-4)13-23(34)30(22)29(28)20-15-26(38-5)27(39-6)16-21(20)32/h8-9,14-16,19,28-29H,7,10-13H2,1-6H3/t19-,28?,29-/m1/s1. The summed E-state index contributed by atoms with van der Waals surface area (Å²) in [6, 6.07) is 9.29. The molecule has 4 rings (SSSR count). The van der Waals surface area contributed by atoms with Gasteiger partial charge < -0.3 is 28.4 Å². The summed E-state index contributed by atoms with van der Waals surface area (Å²) in [5.41, 5.74) is 3.44. The molecule has 3 atom stereocenters. The Labute approximate surface area is 248 Å². The lowest BCUT2D eigenvalue weighted by Gasteiger charge is -2.37. The molecular weight excluding hydrogens is 594 g/mol. The number of halogens is 1. The number of carbonyl (C=O) groups is 2. The maximum absolute atomic E-state index is 14.0. The molecule has 9 nitrogen and oxygen atoms in total. The van der Waals surface area contributed by atoms with Crippen molar-refractivity contribution in [1.29, 1.82) is 0 Å². The van der Waals surface area contributed by atoms with E-state index in [0.717, 1.165) is 5.56 Å². The number of hydrogen-bond donors (Lipinski definition) is 0. The fourth-order valence-corrected chi connectivity index (χ4v) is 6.16. The molecule has 1 unspecified atom stereocenters. The first-order chi connectivity index (χ1) is 19.8. The van der Waals surface area contributed by atoms with Crippen LogP contribution in [0.4, 0.5) is 0 Å². The molecule has 1 aliphatic heterocycles. The average Bonchev–Trinajstić information content (AvgIpc) is 2.97. The van der Waals surface area contributed by atoms with E-state index in [4.69, 9.17) is 33.4 Å². The Morgan fingerprint density at radius 2 is 1.59 bits per heavy atom. The molecule has 0 saturated heterocycles. The molecule has 2 aliphatic rings. The third-order valence-corrected chi connectivity index (χ3v) is 8.22. The van der Waals surface area contributed by atoms with Gasteiger partial charge in [0.25, 0.3) is 0 Å². The van der Waals surface area contributed by atoms with Gasteiger partial charge in [-0.05, 0) is 61.6 Å². The van der Waals surface area contributed by atoms with Crippen molar-refractivity contribution in [2.45, 2.75) is 38.5 Å². The molecule has 0 bridgehead atoms. The lowest BCUT2D eigenvalue weighted by molar-refractivity contribution is -0.148. The summed E-state index contributed by atoms with van der Waals surface area (Å²) in [7, 11) is 6.28. The fraction of sp³-hybridized carbons (Fsp3) is 0.452. The van der Waals surface area contributed by atoms with Gasteiger partial charge in [0, 0.05) is 40.4 Å². The minimum Gasteiger partial charge on any atom is -0.493 e. The smallest absolute Gasteiger partial charge is 0.315 e. The molecule has 1 heterocycles.